The molecule has 1 saturated carbocycles. The highest BCUT2D eigenvalue weighted by Crippen LogP contribution is 2.29. The summed E-state index contributed by atoms with van der Waals surface area (Å²) in [6, 6.07) is 2.74. The average Bonchev–Trinajstić information content (AvgIpc) is 2.80. The summed E-state index contributed by atoms with van der Waals surface area (Å²) >= 11 is 0. The first-order chi connectivity index (χ1) is 7.75. The lowest BCUT2D eigenvalue weighted by Gasteiger charge is -2.31. The van der Waals surface area contributed by atoms with Crippen LogP contribution in [0.25, 0.3) is 0 Å². The van der Waals surface area contributed by atoms with Crippen molar-refractivity contribution in [3.8, 4) is 0 Å². The monoisotopic (exact) mass is 221 g/mol. The molecule has 0 atom stereocenters. The van der Waals surface area contributed by atoms with E-state index in [1.54, 1.807) is 0 Å². The summed E-state index contributed by atoms with van der Waals surface area (Å²) in [7, 11) is 0. The molecule has 2 rings (SSSR count). The first kappa shape index (κ1) is 11.6. The van der Waals surface area contributed by atoms with Crippen molar-refractivity contribution in [2.45, 2.75) is 52.1 Å². The van der Waals surface area contributed by atoms with E-state index in [9.17, 15) is 0 Å². The summed E-state index contributed by atoms with van der Waals surface area (Å²) in [5.74, 6) is 1.80. The SMILES string of the molecule is CC(C)C1CCC(NCc2ccn[nH]2)CC1. The highest BCUT2D eigenvalue weighted by atomic mass is 15.1. The van der Waals surface area contributed by atoms with Gasteiger partial charge in [-0.1, -0.05) is 13.8 Å². The first-order valence-corrected chi connectivity index (χ1v) is 6.47. The van der Waals surface area contributed by atoms with Gasteiger partial charge < -0.3 is 5.32 Å². The van der Waals surface area contributed by atoms with Crippen molar-refractivity contribution in [3.63, 3.8) is 0 Å². The van der Waals surface area contributed by atoms with Crippen molar-refractivity contribution in [2.24, 2.45) is 11.8 Å². The molecular weight excluding hydrogens is 198 g/mol. The van der Waals surface area contributed by atoms with Crippen LogP contribution in [0.5, 0.6) is 0 Å². The van der Waals surface area contributed by atoms with Gasteiger partial charge in [0.1, 0.15) is 0 Å². The third-order valence-corrected chi connectivity index (χ3v) is 3.85. The molecule has 90 valence electrons. The van der Waals surface area contributed by atoms with Crippen LogP contribution >= 0.6 is 0 Å². The fraction of sp³-hybridized carbons (Fsp3) is 0.769. The topological polar surface area (TPSA) is 40.7 Å². The number of nitrogens with zero attached hydrogens (tertiary/aromatic N) is 1. The highest BCUT2D eigenvalue weighted by molar-refractivity contribution is 4.97. The summed E-state index contributed by atoms with van der Waals surface area (Å²) in [6.07, 6.45) is 7.25. The summed E-state index contributed by atoms with van der Waals surface area (Å²) in [5, 5.41) is 10.6. The van der Waals surface area contributed by atoms with E-state index in [-0.39, 0.29) is 0 Å². The van der Waals surface area contributed by atoms with Crippen molar-refractivity contribution >= 4 is 0 Å². The van der Waals surface area contributed by atoms with E-state index in [0.717, 1.165) is 18.4 Å². The van der Waals surface area contributed by atoms with Crippen LogP contribution in [0.3, 0.4) is 0 Å². The highest BCUT2D eigenvalue weighted by Gasteiger charge is 2.22. The van der Waals surface area contributed by atoms with Crippen LogP contribution in [0.15, 0.2) is 12.3 Å². The van der Waals surface area contributed by atoms with Gasteiger partial charge in [-0.15, -0.1) is 0 Å². The van der Waals surface area contributed by atoms with Crippen LogP contribution < -0.4 is 5.32 Å². The number of hydrogen-bond acceptors (Lipinski definition) is 2. The lowest BCUT2D eigenvalue weighted by Crippen LogP contribution is -2.33. The third kappa shape index (κ3) is 3.08. The minimum Gasteiger partial charge on any atom is -0.308 e. The molecule has 0 spiro atoms. The number of nitrogens with one attached hydrogen (secondary N) is 2. The Morgan fingerprint density at radius 2 is 2.12 bits per heavy atom. The molecule has 0 amide bonds. The van der Waals surface area contributed by atoms with Crippen LogP contribution in [0, 0.1) is 11.8 Å². The predicted molar refractivity (Wildman–Crippen MR) is 66.0 cm³/mol. The molecule has 0 unspecified atom stereocenters. The molecular formula is C13H23N3. The van der Waals surface area contributed by atoms with Crippen LogP contribution in [-0.4, -0.2) is 16.2 Å². The summed E-state index contributed by atoms with van der Waals surface area (Å²) < 4.78 is 0. The fourth-order valence-corrected chi connectivity index (χ4v) is 2.63. The van der Waals surface area contributed by atoms with E-state index in [2.05, 4.69) is 29.4 Å². The quantitative estimate of drug-likeness (QED) is 0.820. The second-order valence-electron chi connectivity index (χ2n) is 5.32. The van der Waals surface area contributed by atoms with Gasteiger partial charge in [0.2, 0.25) is 0 Å². The maximum absolute atomic E-state index is 3.96. The van der Waals surface area contributed by atoms with Gasteiger partial charge in [-0.2, -0.15) is 5.10 Å². The molecule has 1 aromatic rings. The van der Waals surface area contributed by atoms with Gasteiger partial charge in [0.15, 0.2) is 0 Å². The van der Waals surface area contributed by atoms with E-state index >= 15 is 0 Å². The zero-order valence-corrected chi connectivity index (χ0v) is 10.4. The second kappa shape index (κ2) is 5.48. The van der Waals surface area contributed by atoms with E-state index in [1.807, 2.05) is 12.3 Å². The summed E-state index contributed by atoms with van der Waals surface area (Å²) in [6.45, 7) is 5.63. The number of aromatic amines is 1. The van der Waals surface area contributed by atoms with Gasteiger partial charge >= 0.3 is 0 Å². The maximum atomic E-state index is 3.96. The van der Waals surface area contributed by atoms with Gasteiger partial charge in [-0.3, -0.25) is 5.10 Å². The van der Waals surface area contributed by atoms with Crippen LogP contribution in [0.2, 0.25) is 0 Å². The molecule has 1 fully saturated rings. The summed E-state index contributed by atoms with van der Waals surface area (Å²) in [4.78, 5) is 0. The number of H-pyrrole nitrogens is 1. The molecule has 3 nitrogen and oxygen atoms in total. The Bertz CT molecular complexity index is 284. The minimum atomic E-state index is 0.707. The molecule has 0 aliphatic heterocycles. The van der Waals surface area contributed by atoms with Crippen molar-refractivity contribution in [1.29, 1.82) is 0 Å². The van der Waals surface area contributed by atoms with Gasteiger partial charge in [0.25, 0.3) is 0 Å². The molecule has 3 heteroatoms. The normalized spacial score (nSPS) is 26.2. The van der Waals surface area contributed by atoms with Gasteiger partial charge in [0.05, 0.1) is 0 Å². The molecule has 2 N–H and O–H groups in total. The van der Waals surface area contributed by atoms with E-state index in [4.69, 9.17) is 0 Å². The molecule has 1 heterocycles. The fourth-order valence-electron chi connectivity index (χ4n) is 2.63. The van der Waals surface area contributed by atoms with Gasteiger partial charge in [-0.05, 0) is 43.6 Å². The molecule has 0 bridgehead atoms. The Hall–Kier alpha value is -0.830. The zero-order chi connectivity index (χ0) is 11.4. The molecule has 0 saturated heterocycles. The zero-order valence-electron chi connectivity index (χ0n) is 10.4. The molecule has 1 aromatic heterocycles. The Morgan fingerprint density at radius 3 is 2.69 bits per heavy atom. The largest absolute Gasteiger partial charge is 0.308 e. The first-order valence-electron chi connectivity index (χ1n) is 6.47. The average molecular weight is 221 g/mol. The lowest BCUT2D eigenvalue weighted by molar-refractivity contribution is 0.238. The van der Waals surface area contributed by atoms with Crippen molar-refractivity contribution < 1.29 is 0 Å². The predicted octanol–water partition coefficient (Wildman–Crippen LogP) is 2.71. The standard InChI is InChI=1S/C13H23N3/c1-10(2)11-3-5-12(6-4-11)14-9-13-7-8-15-16-13/h7-8,10-12,14H,3-6,9H2,1-2H3,(H,15,16). The molecule has 1 aliphatic rings. The Kier molecular flexibility index (Phi) is 3.99. The van der Waals surface area contributed by atoms with Crippen LogP contribution in [0.4, 0.5) is 0 Å². The summed E-state index contributed by atoms with van der Waals surface area (Å²) in [5.41, 5.74) is 1.19. The third-order valence-electron chi connectivity index (χ3n) is 3.85. The van der Waals surface area contributed by atoms with Crippen LogP contribution in [0.1, 0.15) is 45.2 Å². The molecule has 0 aromatic carbocycles. The molecule has 1 aliphatic carbocycles. The van der Waals surface area contributed by atoms with E-state index in [1.165, 1.54) is 31.4 Å². The van der Waals surface area contributed by atoms with Crippen LogP contribution in [-0.2, 0) is 6.54 Å². The van der Waals surface area contributed by atoms with Gasteiger partial charge in [0, 0.05) is 24.5 Å². The number of aromatic nitrogens is 2. The Labute approximate surface area is 98.0 Å². The van der Waals surface area contributed by atoms with Crippen molar-refractivity contribution in [1.82, 2.24) is 15.5 Å². The Morgan fingerprint density at radius 1 is 1.38 bits per heavy atom. The minimum absolute atomic E-state index is 0.707. The molecule has 16 heavy (non-hydrogen) atoms. The Balaban J connectivity index is 1.69. The van der Waals surface area contributed by atoms with Crippen molar-refractivity contribution in [3.05, 3.63) is 18.0 Å². The van der Waals surface area contributed by atoms with E-state index < -0.39 is 0 Å². The van der Waals surface area contributed by atoms with E-state index in [0.29, 0.717) is 6.04 Å². The second-order valence-corrected chi connectivity index (χ2v) is 5.32. The smallest absolute Gasteiger partial charge is 0.0490 e. The van der Waals surface area contributed by atoms with Crippen molar-refractivity contribution in [2.75, 3.05) is 0 Å². The number of hydrogen-bond donors (Lipinski definition) is 2. The van der Waals surface area contributed by atoms with Gasteiger partial charge in [-0.25, -0.2) is 0 Å². The molecule has 0 radical (unpaired) electrons. The maximum Gasteiger partial charge on any atom is 0.0490 e. The lowest BCUT2D eigenvalue weighted by atomic mass is 9.80. The number of rotatable bonds is 4.